The Balaban J connectivity index is 2.32. The first-order chi connectivity index (χ1) is 7.09. The van der Waals surface area contributed by atoms with Crippen molar-refractivity contribution in [1.29, 1.82) is 0 Å². The lowest BCUT2D eigenvalue weighted by atomic mass is 10.2. The molecule has 0 spiro atoms. The van der Waals surface area contributed by atoms with Gasteiger partial charge >= 0.3 is 0 Å². The summed E-state index contributed by atoms with van der Waals surface area (Å²) in [5, 5.41) is 1.68. The maximum absolute atomic E-state index is 11.0. The Morgan fingerprint density at radius 1 is 1.47 bits per heavy atom. The minimum atomic E-state index is -0.260. The summed E-state index contributed by atoms with van der Waals surface area (Å²) in [5.74, 6) is 4.96. The minimum Gasteiger partial charge on any atom is -0.367 e. The molecule has 0 aliphatic rings. The molecule has 1 amide bonds. The van der Waals surface area contributed by atoms with Crippen LogP contribution in [0.1, 0.15) is 5.56 Å². The van der Waals surface area contributed by atoms with Crippen molar-refractivity contribution >= 4 is 17.5 Å². The van der Waals surface area contributed by atoms with Crippen molar-refractivity contribution in [3.63, 3.8) is 0 Å². The Morgan fingerprint density at radius 2 is 2.07 bits per heavy atom. The van der Waals surface area contributed by atoms with Crippen LogP contribution >= 0.6 is 11.6 Å². The molecule has 0 saturated heterocycles. The predicted molar refractivity (Wildman–Crippen MR) is 58.1 cm³/mol. The van der Waals surface area contributed by atoms with E-state index in [1.807, 2.05) is 12.1 Å². The van der Waals surface area contributed by atoms with Gasteiger partial charge in [-0.25, -0.2) is 5.84 Å². The molecule has 0 bridgehead atoms. The van der Waals surface area contributed by atoms with Crippen molar-refractivity contribution in [2.75, 3.05) is 13.7 Å². The average Bonchev–Trinajstić information content (AvgIpc) is 2.20. The zero-order valence-electron chi connectivity index (χ0n) is 8.44. The number of rotatable bonds is 4. The highest BCUT2D eigenvalue weighted by molar-refractivity contribution is 6.30. The number of ether oxygens (including phenoxy) is 1. The van der Waals surface area contributed by atoms with Crippen LogP contribution in [-0.2, 0) is 16.1 Å². The van der Waals surface area contributed by atoms with E-state index in [0.717, 1.165) is 10.6 Å². The molecule has 0 radical (unpaired) electrons. The van der Waals surface area contributed by atoms with Crippen molar-refractivity contribution in [3.8, 4) is 0 Å². The van der Waals surface area contributed by atoms with Gasteiger partial charge in [-0.1, -0.05) is 23.7 Å². The van der Waals surface area contributed by atoms with Gasteiger partial charge in [0.25, 0.3) is 5.91 Å². The topological polar surface area (TPSA) is 55.6 Å². The van der Waals surface area contributed by atoms with Gasteiger partial charge in [-0.15, -0.1) is 0 Å². The van der Waals surface area contributed by atoms with Gasteiger partial charge in [-0.3, -0.25) is 9.80 Å². The van der Waals surface area contributed by atoms with Gasteiger partial charge < -0.3 is 4.74 Å². The third-order valence-electron chi connectivity index (χ3n) is 1.80. The first kappa shape index (κ1) is 12.0. The second kappa shape index (κ2) is 5.70. The van der Waals surface area contributed by atoms with Gasteiger partial charge in [0.1, 0.15) is 6.61 Å². The average molecular weight is 229 g/mol. The zero-order valence-corrected chi connectivity index (χ0v) is 9.20. The maximum atomic E-state index is 11.0. The number of amides is 1. The molecule has 5 heteroatoms. The summed E-state index contributed by atoms with van der Waals surface area (Å²) in [6.45, 7) is 0.354. The molecule has 0 fully saturated rings. The lowest BCUT2D eigenvalue weighted by molar-refractivity contribution is -0.135. The van der Waals surface area contributed by atoms with E-state index >= 15 is 0 Å². The zero-order chi connectivity index (χ0) is 11.3. The van der Waals surface area contributed by atoms with Gasteiger partial charge in [0.15, 0.2) is 0 Å². The third kappa shape index (κ3) is 4.29. The van der Waals surface area contributed by atoms with Crippen LogP contribution in [0.5, 0.6) is 0 Å². The lowest BCUT2D eigenvalue weighted by Crippen LogP contribution is -2.35. The third-order valence-corrected chi connectivity index (χ3v) is 2.05. The monoisotopic (exact) mass is 228 g/mol. The van der Waals surface area contributed by atoms with E-state index in [-0.39, 0.29) is 12.5 Å². The molecule has 0 aliphatic heterocycles. The van der Waals surface area contributed by atoms with Gasteiger partial charge in [0.2, 0.25) is 0 Å². The van der Waals surface area contributed by atoms with E-state index < -0.39 is 0 Å². The Kier molecular flexibility index (Phi) is 4.55. The summed E-state index contributed by atoms with van der Waals surface area (Å²) in [7, 11) is 1.48. The number of nitrogens with zero attached hydrogens (tertiary/aromatic N) is 1. The summed E-state index contributed by atoms with van der Waals surface area (Å²) < 4.78 is 5.17. The van der Waals surface area contributed by atoms with E-state index in [1.54, 1.807) is 12.1 Å². The van der Waals surface area contributed by atoms with Gasteiger partial charge in [-0.2, -0.15) is 0 Å². The first-order valence-electron chi connectivity index (χ1n) is 4.43. The fraction of sp³-hybridized carbons (Fsp3) is 0.300. The van der Waals surface area contributed by atoms with Gasteiger partial charge in [0.05, 0.1) is 6.61 Å². The normalized spacial score (nSPS) is 10.1. The number of carbonyl (C=O) groups is 1. The van der Waals surface area contributed by atoms with Crippen molar-refractivity contribution in [3.05, 3.63) is 34.9 Å². The highest BCUT2D eigenvalue weighted by atomic mass is 35.5. The quantitative estimate of drug-likeness (QED) is 0.479. The molecule has 1 aromatic rings. The molecule has 82 valence electrons. The Labute approximate surface area is 93.5 Å². The second-order valence-corrected chi connectivity index (χ2v) is 3.56. The Bertz CT molecular complexity index is 325. The number of nitrogens with two attached hydrogens (primary N) is 1. The maximum Gasteiger partial charge on any atom is 0.262 e. The number of likely N-dealkylation sites (N-methyl/N-ethyl adjacent to an activating group) is 1. The van der Waals surface area contributed by atoms with Crippen LogP contribution in [0.25, 0.3) is 0 Å². The number of hydrazine groups is 1. The molecule has 1 aromatic carbocycles. The first-order valence-corrected chi connectivity index (χ1v) is 4.81. The smallest absolute Gasteiger partial charge is 0.262 e. The van der Waals surface area contributed by atoms with Crippen LogP contribution in [0.15, 0.2) is 24.3 Å². The number of hydrogen-bond donors (Lipinski definition) is 1. The summed E-state index contributed by atoms with van der Waals surface area (Å²) in [4.78, 5) is 11.0. The fourth-order valence-electron chi connectivity index (χ4n) is 0.939. The molecule has 15 heavy (non-hydrogen) atoms. The Morgan fingerprint density at radius 3 is 2.60 bits per heavy atom. The van der Waals surface area contributed by atoms with E-state index in [0.29, 0.717) is 11.6 Å². The summed E-state index contributed by atoms with van der Waals surface area (Å²) >= 11 is 5.72. The number of benzene rings is 1. The van der Waals surface area contributed by atoms with Crippen LogP contribution in [0.2, 0.25) is 5.02 Å². The van der Waals surface area contributed by atoms with Crippen LogP contribution in [0.3, 0.4) is 0 Å². The molecule has 1 rings (SSSR count). The van der Waals surface area contributed by atoms with Crippen LogP contribution < -0.4 is 5.84 Å². The number of hydrogen-bond acceptors (Lipinski definition) is 3. The van der Waals surface area contributed by atoms with Crippen molar-refractivity contribution in [2.24, 2.45) is 5.84 Å². The summed E-state index contributed by atoms with van der Waals surface area (Å²) in [5.41, 5.74) is 0.965. The molecule has 4 nitrogen and oxygen atoms in total. The van der Waals surface area contributed by atoms with E-state index in [1.165, 1.54) is 7.05 Å². The minimum absolute atomic E-state index is 0.0182. The van der Waals surface area contributed by atoms with E-state index in [2.05, 4.69) is 0 Å². The summed E-state index contributed by atoms with van der Waals surface area (Å²) in [6, 6.07) is 7.24. The largest absolute Gasteiger partial charge is 0.367 e. The van der Waals surface area contributed by atoms with Gasteiger partial charge in [0, 0.05) is 12.1 Å². The van der Waals surface area contributed by atoms with E-state index in [4.69, 9.17) is 22.2 Å². The molecule has 0 atom stereocenters. The molecule has 0 heterocycles. The van der Waals surface area contributed by atoms with Crippen LogP contribution in [0.4, 0.5) is 0 Å². The molecule has 0 unspecified atom stereocenters. The number of carbonyl (C=O) groups excluding carboxylic acids is 1. The molecular weight excluding hydrogens is 216 g/mol. The van der Waals surface area contributed by atoms with E-state index in [9.17, 15) is 4.79 Å². The summed E-state index contributed by atoms with van der Waals surface area (Å²) in [6.07, 6.45) is 0. The predicted octanol–water partition coefficient (Wildman–Crippen LogP) is 1.19. The molecule has 2 N–H and O–H groups in total. The fourth-order valence-corrected chi connectivity index (χ4v) is 1.06. The standard InChI is InChI=1S/C10H13ClN2O2/c1-13(12)10(14)7-15-6-8-2-4-9(11)5-3-8/h2-5H,6-7,12H2,1H3. The van der Waals surface area contributed by atoms with Crippen LogP contribution in [0, 0.1) is 0 Å². The molecule has 0 aliphatic carbocycles. The molecule has 0 aromatic heterocycles. The van der Waals surface area contributed by atoms with Crippen molar-refractivity contribution in [2.45, 2.75) is 6.61 Å². The molecule has 0 saturated carbocycles. The lowest BCUT2D eigenvalue weighted by Gasteiger charge is -2.09. The highest BCUT2D eigenvalue weighted by Crippen LogP contribution is 2.10. The highest BCUT2D eigenvalue weighted by Gasteiger charge is 2.03. The Hall–Kier alpha value is -1.10. The van der Waals surface area contributed by atoms with Crippen molar-refractivity contribution < 1.29 is 9.53 Å². The second-order valence-electron chi connectivity index (χ2n) is 3.12. The number of halogens is 1. The van der Waals surface area contributed by atoms with Gasteiger partial charge in [-0.05, 0) is 17.7 Å². The van der Waals surface area contributed by atoms with Crippen molar-refractivity contribution in [1.82, 2.24) is 5.01 Å². The SMILES string of the molecule is CN(N)C(=O)COCc1ccc(Cl)cc1. The molecular formula is C10H13ClN2O2. The van der Waals surface area contributed by atoms with Crippen LogP contribution in [-0.4, -0.2) is 24.6 Å².